The fourth-order valence-corrected chi connectivity index (χ4v) is 3.69. The van der Waals surface area contributed by atoms with Crippen molar-refractivity contribution in [1.82, 2.24) is 5.43 Å². The molecule has 0 aliphatic heterocycles. The van der Waals surface area contributed by atoms with Crippen molar-refractivity contribution >= 4 is 10.8 Å². The molecule has 0 bridgehead atoms. The van der Waals surface area contributed by atoms with Gasteiger partial charge in [-0.15, -0.1) is 0 Å². The van der Waals surface area contributed by atoms with E-state index in [1.165, 1.54) is 54.9 Å². The Labute approximate surface area is 127 Å². The first kappa shape index (κ1) is 14.6. The third-order valence-corrected chi connectivity index (χ3v) is 4.87. The molecule has 0 radical (unpaired) electrons. The van der Waals surface area contributed by atoms with E-state index >= 15 is 0 Å². The molecule has 0 saturated heterocycles. The molecule has 2 aromatic rings. The van der Waals surface area contributed by atoms with E-state index < -0.39 is 0 Å². The first-order valence-electron chi connectivity index (χ1n) is 8.29. The second kappa shape index (κ2) is 7.06. The summed E-state index contributed by atoms with van der Waals surface area (Å²) in [6, 6.07) is 15.7. The van der Waals surface area contributed by atoms with E-state index in [-0.39, 0.29) is 0 Å². The van der Waals surface area contributed by atoms with Crippen LogP contribution >= 0.6 is 0 Å². The second-order valence-corrected chi connectivity index (χ2v) is 6.49. The van der Waals surface area contributed by atoms with E-state index in [2.05, 4.69) is 47.9 Å². The van der Waals surface area contributed by atoms with Gasteiger partial charge in [0.1, 0.15) is 0 Å². The fraction of sp³-hybridized carbons (Fsp3) is 0.474. The molecule has 1 fully saturated rings. The van der Waals surface area contributed by atoms with Crippen molar-refractivity contribution in [1.29, 1.82) is 0 Å². The molecular weight excluding hydrogens is 256 g/mol. The minimum Gasteiger partial charge on any atom is -0.271 e. The normalized spacial score (nSPS) is 18.0. The largest absolute Gasteiger partial charge is 0.271 e. The Morgan fingerprint density at radius 3 is 2.52 bits per heavy atom. The lowest BCUT2D eigenvalue weighted by Gasteiger charge is -2.26. The summed E-state index contributed by atoms with van der Waals surface area (Å²) in [5, 5.41) is 2.63. The zero-order valence-electron chi connectivity index (χ0n) is 12.7. The van der Waals surface area contributed by atoms with Gasteiger partial charge in [0.25, 0.3) is 0 Å². The lowest BCUT2D eigenvalue weighted by Crippen LogP contribution is -2.38. The maximum absolute atomic E-state index is 5.80. The molecule has 1 atom stereocenters. The standard InChI is InChI=1S/C19H26N2/c20-21-19(13-15-6-2-1-3-7-15)14-16-10-11-17-8-4-5-9-18(17)12-16/h4-5,8-12,15,19,21H,1-3,6-7,13-14,20H2. The first-order chi connectivity index (χ1) is 10.3. The quantitative estimate of drug-likeness (QED) is 0.637. The third-order valence-electron chi connectivity index (χ3n) is 4.87. The summed E-state index contributed by atoms with van der Waals surface area (Å²) in [4.78, 5) is 0. The maximum atomic E-state index is 5.80. The molecule has 0 spiro atoms. The molecule has 2 nitrogen and oxygen atoms in total. The minimum atomic E-state index is 0.397. The summed E-state index contributed by atoms with van der Waals surface area (Å²) in [5.41, 5.74) is 4.43. The SMILES string of the molecule is NNC(Cc1ccc2ccccc2c1)CC1CCCCC1. The number of rotatable bonds is 5. The number of hydrogen-bond donors (Lipinski definition) is 2. The Kier molecular flexibility index (Phi) is 4.89. The van der Waals surface area contributed by atoms with Crippen LogP contribution in [0.4, 0.5) is 0 Å². The first-order valence-corrected chi connectivity index (χ1v) is 8.29. The molecule has 1 unspecified atom stereocenters. The zero-order valence-corrected chi connectivity index (χ0v) is 12.7. The van der Waals surface area contributed by atoms with Crippen molar-refractivity contribution < 1.29 is 0 Å². The summed E-state index contributed by atoms with van der Waals surface area (Å²) in [5.74, 6) is 6.66. The van der Waals surface area contributed by atoms with Gasteiger partial charge in [-0.3, -0.25) is 11.3 Å². The Balaban J connectivity index is 1.66. The van der Waals surface area contributed by atoms with Gasteiger partial charge in [-0.05, 0) is 35.1 Å². The van der Waals surface area contributed by atoms with E-state index in [0.717, 1.165) is 12.3 Å². The van der Waals surface area contributed by atoms with Crippen molar-refractivity contribution in [2.75, 3.05) is 0 Å². The van der Waals surface area contributed by atoms with Gasteiger partial charge in [0.15, 0.2) is 0 Å². The van der Waals surface area contributed by atoms with Crippen molar-refractivity contribution in [2.45, 2.75) is 51.0 Å². The number of benzene rings is 2. The highest BCUT2D eigenvalue weighted by Crippen LogP contribution is 2.28. The molecule has 1 aliphatic rings. The van der Waals surface area contributed by atoms with E-state index in [0.29, 0.717) is 6.04 Å². The van der Waals surface area contributed by atoms with Crippen molar-refractivity contribution in [3.8, 4) is 0 Å². The van der Waals surface area contributed by atoms with Crippen LogP contribution in [0.1, 0.15) is 44.1 Å². The van der Waals surface area contributed by atoms with Gasteiger partial charge in [0.2, 0.25) is 0 Å². The van der Waals surface area contributed by atoms with Crippen LogP contribution in [0.2, 0.25) is 0 Å². The van der Waals surface area contributed by atoms with Crippen molar-refractivity contribution in [2.24, 2.45) is 11.8 Å². The Morgan fingerprint density at radius 1 is 1.00 bits per heavy atom. The van der Waals surface area contributed by atoms with Crippen LogP contribution in [0.25, 0.3) is 10.8 Å². The predicted octanol–water partition coefficient (Wildman–Crippen LogP) is 4.18. The summed E-state index contributed by atoms with van der Waals surface area (Å²) < 4.78 is 0. The van der Waals surface area contributed by atoms with E-state index in [4.69, 9.17) is 5.84 Å². The molecule has 3 N–H and O–H groups in total. The average molecular weight is 282 g/mol. The lowest BCUT2D eigenvalue weighted by atomic mass is 9.83. The molecule has 0 aromatic heterocycles. The summed E-state index contributed by atoms with van der Waals surface area (Å²) >= 11 is 0. The Hall–Kier alpha value is -1.38. The molecule has 112 valence electrons. The molecule has 1 saturated carbocycles. The van der Waals surface area contributed by atoms with Gasteiger partial charge in [0, 0.05) is 6.04 Å². The van der Waals surface area contributed by atoms with Crippen molar-refractivity contribution in [3.05, 3.63) is 48.0 Å². The summed E-state index contributed by atoms with van der Waals surface area (Å²) in [6.45, 7) is 0. The predicted molar refractivity (Wildman–Crippen MR) is 90.0 cm³/mol. The van der Waals surface area contributed by atoms with Crippen LogP contribution in [0.3, 0.4) is 0 Å². The van der Waals surface area contributed by atoms with Gasteiger partial charge in [-0.25, -0.2) is 0 Å². The molecule has 0 heterocycles. The topological polar surface area (TPSA) is 38.0 Å². The van der Waals surface area contributed by atoms with Gasteiger partial charge < -0.3 is 0 Å². The van der Waals surface area contributed by atoms with Crippen LogP contribution in [0.5, 0.6) is 0 Å². The number of nitrogens with one attached hydrogen (secondary N) is 1. The van der Waals surface area contributed by atoms with Gasteiger partial charge in [-0.1, -0.05) is 74.6 Å². The Bertz CT molecular complexity index is 573. The van der Waals surface area contributed by atoms with E-state index in [9.17, 15) is 0 Å². The smallest absolute Gasteiger partial charge is 0.0253 e. The molecular formula is C19H26N2. The summed E-state index contributed by atoms with van der Waals surface area (Å²) in [6.07, 6.45) is 9.23. The number of hydrazine groups is 1. The monoisotopic (exact) mass is 282 g/mol. The fourth-order valence-electron chi connectivity index (χ4n) is 3.69. The molecule has 21 heavy (non-hydrogen) atoms. The van der Waals surface area contributed by atoms with Crippen LogP contribution in [-0.4, -0.2) is 6.04 Å². The van der Waals surface area contributed by atoms with Gasteiger partial charge in [0.05, 0.1) is 0 Å². The number of hydrogen-bond acceptors (Lipinski definition) is 2. The Morgan fingerprint density at radius 2 is 1.76 bits per heavy atom. The highest BCUT2D eigenvalue weighted by Gasteiger charge is 2.18. The second-order valence-electron chi connectivity index (χ2n) is 6.49. The van der Waals surface area contributed by atoms with E-state index in [1.54, 1.807) is 0 Å². The van der Waals surface area contributed by atoms with Crippen LogP contribution in [0, 0.1) is 5.92 Å². The average Bonchev–Trinajstić information content (AvgIpc) is 2.55. The third kappa shape index (κ3) is 3.84. The molecule has 2 heteroatoms. The van der Waals surface area contributed by atoms with E-state index in [1.807, 2.05) is 0 Å². The van der Waals surface area contributed by atoms with Crippen LogP contribution in [-0.2, 0) is 6.42 Å². The highest BCUT2D eigenvalue weighted by molar-refractivity contribution is 5.82. The van der Waals surface area contributed by atoms with Gasteiger partial charge in [-0.2, -0.15) is 0 Å². The molecule has 1 aliphatic carbocycles. The van der Waals surface area contributed by atoms with Crippen molar-refractivity contribution in [3.63, 3.8) is 0 Å². The summed E-state index contributed by atoms with van der Waals surface area (Å²) in [7, 11) is 0. The number of fused-ring (bicyclic) bond motifs is 1. The van der Waals surface area contributed by atoms with Crippen LogP contribution < -0.4 is 11.3 Å². The highest BCUT2D eigenvalue weighted by atomic mass is 15.2. The molecule has 0 amide bonds. The molecule has 3 rings (SSSR count). The molecule has 2 aromatic carbocycles. The zero-order chi connectivity index (χ0) is 14.5. The number of nitrogens with two attached hydrogens (primary N) is 1. The minimum absolute atomic E-state index is 0.397. The van der Waals surface area contributed by atoms with Crippen LogP contribution in [0.15, 0.2) is 42.5 Å². The maximum Gasteiger partial charge on any atom is 0.0253 e. The van der Waals surface area contributed by atoms with Gasteiger partial charge >= 0.3 is 0 Å². The lowest BCUT2D eigenvalue weighted by molar-refractivity contribution is 0.298.